The molecule has 2 aromatic carbocycles. The summed E-state index contributed by atoms with van der Waals surface area (Å²) in [6, 6.07) is 24.0. The molecule has 0 amide bonds. The summed E-state index contributed by atoms with van der Waals surface area (Å²) >= 11 is 1.71. The van der Waals surface area contributed by atoms with Gasteiger partial charge < -0.3 is 30.3 Å². The van der Waals surface area contributed by atoms with Crippen LogP contribution in [-0.2, 0) is 17.1 Å². The van der Waals surface area contributed by atoms with Crippen LogP contribution in [0.3, 0.4) is 0 Å². The van der Waals surface area contributed by atoms with Gasteiger partial charge in [0.2, 0.25) is 0 Å². The average Bonchev–Trinajstić information content (AvgIpc) is 3.09. The van der Waals surface area contributed by atoms with Crippen molar-refractivity contribution in [3.8, 4) is 0 Å². The smallest absolute Gasteiger partial charge is 0 e. The fourth-order valence-corrected chi connectivity index (χ4v) is 1.32. The SMILES string of the molecule is [Fe].[cH-]1[cH-][cH-][cH-][cH-]1.c1cc[cH-]c1.c1ccsc1. The van der Waals surface area contributed by atoms with E-state index in [4.69, 9.17) is 0 Å². The molecule has 0 aliphatic carbocycles. The van der Waals surface area contributed by atoms with Crippen molar-refractivity contribution in [2.75, 3.05) is 0 Å². The maximum absolute atomic E-state index is 2.04. The van der Waals surface area contributed by atoms with Crippen LogP contribution in [0.15, 0.2) is 83.6 Å². The molecule has 1 heterocycles. The van der Waals surface area contributed by atoms with Gasteiger partial charge >= 0.3 is 0 Å². The monoisotopic (exact) mass is 270 g/mol. The third-order valence-electron chi connectivity index (χ3n) is 1.54. The molecule has 16 heavy (non-hydrogen) atoms. The van der Waals surface area contributed by atoms with Gasteiger partial charge in [-0.05, 0) is 10.8 Å². The summed E-state index contributed by atoms with van der Waals surface area (Å²) in [6.45, 7) is 0. The second-order valence-electron chi connectivity index (χ2n) is 2.72. The molecule has 3 rings (SSSR count). The van der Waals surface area contributed by atoms with Crippen molar-refractivity contribution in [2.45, 2.75) is 0 Å². The van der Waals surface area contributed by atoms with E-state index in [1.54, 1.807) is 11.3 Å². The molecule has 0 nitrogen and oxygen atoms in total. The molecule has 0 N–H and O–H groups in total. The van der Waals surface area contributed by atoms with Gasteiger partial charge in [-0.2, -0.15) is 29.5 Å². The van der Waals surface area contributed by atoms with E-state index in [1.807, 2.05) is 83.6 Å². The minimum atomic E-state index is 0. The topological polar surface area (TPSA) is 0 Å². The Labute approximate surface area is 112 Å². The molecule has 0 fully saturated rings. The Bertz CT molecular complexity index is 243. The third-order valence-corrected chi connectivity index (χ3v) is 2.17. The standard InChI is InChI=1S/2C5H5.C4H4S.Fe/c3*1-2-4-5-3-1;/h2*1-5H;1-4H;/q-5;-1;;. The van der Waals surface area contributed by atoms with Crippen LogP contribution in [0.2, 0.25) is 0 Å². The number of hydrogen-bond acceptors (Lipinski definition) is 1. The molecule has 2 heteroatoms. The van der Waals surface area contributed by atoms with Gasteiger partial charge in [0.05, 0.1) is 0 Å². The minimum Gasteiger partial charge on any atom is -0.748 e. The van der Waals surface area contributed by atoms with Gasteiger partial charge in [0, 0.05) is 17.1 Å². The van der Waals surface area contributed by atoms with Crippen molar-refractivity contribution in [1.29, 1.82) is 0 Å². The summed E-state index contributed by atoms with van der Waals surface area (Å²) in [7, 11) is 0. The Balaban J connectivity index is 0.000000205. The van der Waals surface area contributed by atoms with Gasteiger partial charge in [-0.25, -0.2) is 12.1 Å². The fourth-order valence-electron chi connectivity index (χ4n) is 0.868. The summed E-state index contributed by atoms with van der Waals surface area (Å²) in [4.78, 5) is 0. The maximum atomic E-state index is 2.04. The maximum Gasteiger partial charge on any atom is 0 e. The number of thiophene rings is 1. The Hall–Kier alpha value is -1.08. The molecule has 0 unspecified atom stereocenters. The van der Waals surface area contributed by atoms with E-state index >= 15 is 0 Å². The molecule has 0 aliphatic heterocycles. The van der Waals surface area contributed by atoms with Crippen molar-refractivity contribution in [3.05, 3.63) is 83.6 Å². The van der Waals surface area contributed by atoms with E-state index in [0.29, 0.717) is 0 Å². The van der Waals surface area contributed by atoms with Gasteiger partial charge in [0.25, 0.3) is 0 Å². The Morgan fingerprint density at radius 3 is 1.25 bits per heavy atom. The molecule has 0 radical (unpaired) electrons. The van der Waals surface area contributed by atoms with E-state index in [1.165, 1.54) is 0 Å². The van der Waals surface area contributed by atoms with E-state index < -0.39 is 0 Å². The summed E-state index contributed by atoms with van der Waals surface area (Å²) in [5, 5.41) is 4.08. The van der Waals surface area contributed by atoms with Crippen LogP contribution in [0.5, 0.6) is 0 Å². The molecule has 90 valence electrons. The van der Waals surface area contributed by atoms with Crippen LogP contribution in [0.1, 0.15) is 0 Å². The molecule has 0 aliphatic rings. The first kappa shape index (κ1) is 14.9. The number of rotatable bonds is 0. The zero-order valence-corrected chi connectivity index (χ0v) is 10.8. The molecule has 1 aromatic heterocycles. The van der Waals surface area contributed by atoms with Crippen molar-refractivity contribution >= 4 is 11.3 Å². The van der Waals surface area contributed by atoms with E-state index in [0.717, 1.165) is 0 Å². The minimum absolute atomic E-state index is 0. The van der Waals surface area contributed by atoms with Crippen LogP contribution in [0.4, 0.5) is 0 Å². The molecule has 0 saturated heterocycles. The van der Waals surface area contributed by atoms with Crippen LogP contribution in [0.25, 0.3) is 0 Å². The van der Waals surface area contributed by atoms with E-state index in [9.17, 15) is 0 Å². The number of hydrogen-bond donors (Lipinski definition) is 0. The zero-order valence-electron chi connectivity index (χ0n) is 8.84. The predicted molar refractivity (Wildman–Crippen MR) is 68.4 cm³/mol. The van der Waals surface area contributed by atoms with Gasteiger partial charge in [-0.3, -0.25) is 0 Å². The van der Waals surface area contributed by atoms with Crippen LogP contribution < -0.4 is 0 Å². The average molecular weight is 270 g/mol. The molecule has 0 spiro atoms. The summed E-state index contributed by atoms with van der Waals surface area (Å²) in [6.07, 6.45) is 0. The van der Waals surface area contributed by atoms with E-state index in [-0.39, 0.29) is 17.1 Å². The van der Waals surface area contributed by atoms with Gasteiger partial charge in [-0.15, -0.1) is 0 Å². The summed E-state index contributed by atoms with van der Waals surface area (Å²) in [5.41, 5.74) is 0. The third kappa shape index (κ3) is 9.47. The first-order valence-electron chi connectivity index (χ1n) is 4.80. The Morgan fingerprint density at radius 2 is 1.06 bits per heavy atom. The van der Waals surface area contributed by atoms with Gasteiger partial charge in [-0.1, -0.05) is 12.1 Å². The van der Waals surface area contributed by atoms with Gasteiger partial charge in [0.1, 0.15) is 0 Å². The zero-order chi connectivity index (χ0) is 10.6. The molecule has 0 bridgehead atoms. The summed E-state index contributed by atoms with van der Waals surface area (Å²) < 4.78 is 0. The molecular weight excluding hydrogens is 256 g/mol. The van der Waals surface area contributed by atoms with Crippen molar-refractivity contribution in [1.82, 2.24) is 0 Å². The molecule has 0 atom stereocenters. The van der Waals surface area contributed by atoms with Crippen molar-refractivity contribution in [3.63, 3.8) is 0 Å². The van der Waals surface area contributed by atoms with Crippen LogP contribution >= 0.6 is 11.3 Å². The molecular formula is C14H14FeS-6. The fraction of sp³-hybridized carbons (Fsp3) is 0. The van der Waals surface area contributed by atoms with Crippen molar-refractivity contribution < 1.29 is 17.1 Å². The second-order valence-corrected chi connectivity index (χ2v) is 3.53. The normalized spacial score (nSPS) is 7.50. The molecule has 3 aromatic rings. The first-order chi connectivity index (χ1) is 7.50. The quantitative estimate of drug-likeness (QED) is 0.415. The second kappa shape index (κ2) is 12.0. The van der Waals surface area contributed by atoms with Crippen LogP contribution in [0, 0.1) is 0 Å². The summed E-state index contributed by atoms with van der Waals surface area (Å²) in [5.74, 6) is 0. The first-order valence-corrected chi connectivity index (χ1v) is 5.75. The van der Waals surface area contributed by atoms with Crippen LogP contribution in [-0.4, -0.2) is 0 Å². The van der Waals surface area contributed by atoms with E-state index in [2.05, 4.69) is 0 Å². The molecule has 0 saturated carbocycles. The van der Waals surface area contributed by atoms with Gasteiger partial charge in [0.15, 0.2) is 0 Å². The predicted octanol–water partition coefficient (Wildman–Crippen LogP) is 4.56. The Morgan fingerprint density at radius 1 is 0.625 bits per heavy atom. The Kier molecular flexibility index (Phi) is 11.2. The largest absolute Gasteiger partial charge is 0.748 e. The van der Waals surface area contributed by atoms with Crippen molar-refractivity contribution in [2.24, 2.45) is 0 Å².